The SMILES string of the molecule is CCC1(CC)CC(=O)N(C(CCOC)[C@@H]2C[C@H]2C(=O)N[C@H]2C[C@H](C(F)(F)F)Oc3ccccc32)C(=N)N1. The number of amides is 2. The number of nitrogens with zero attached hydrogens (tertiary/aromatic N) is 1. The minimum absolute atomic E-state index is 0.0264. The number of methoxy groups -OCH3 is 1. The number of alkyl halides is 3. The minimum Gasteiger partial charge on any atom is -0.480 e. The number of para-hydroxylation sites is 1. The van der Waals surface area contributed by atoms with Crippen LogP contribution in [0.5, 0.6) is 5.75 Å². The highest BCUT2D eigenvalue weighted by molar-refractivity contribution is 5.99. The molecule has 3 aliphatic rings. The molecule has 37 heavy (non-hydrogen) atoms. The predicted molar refractivity (Wildman–Crippen MR) is 130 cm³/mol. The third-order valence-electron chi connectivity index (χ3n) is 8.05. The fourth-order valence-corrected chi connectivity index (χ4v) is 5.63. The molecule has 0 spiro atoms. The van der Waals surface area contributed by atoms with E-state index in [0.29, 0.717) is 37.9 Å². The van der Waals surface area contributed by atoms with Crippen LogP contribution in [0.3, 0.4) is 0 Å². The van der Waals surface area contributed by atoms with Gasteiger partial charge in [-0.05, 0) is 37.7 Å². The lowest BCUT2D eigenvalue weighted by molar-refractivity contribution is -0.201. The highest BCUT2D eigenvalue weighted by atomic mass is 19.4. The van der Waals surface area contributed by atoms with Crippen LogP contribution in [0.1, 0.15) is 64.0 Å². The summed E-state index contributed by atoms with van der Waals surface area (Å²) in [6.07, 6.45) is -4.38. The molecule has 0 aromatic heterocycles. The van der Waals surface area contributed by atoms with Gasteiger partial charge >= 0.3 is 6.18 Å². The summed E-state index contributed by atoms with van der Waals surface area (Å²) in [5.74, 6) is -1.06. The molecule has 2 heterocycles. The second kappa shape index (κ2) is 10.5. The van der Waals surface area contributed by atoms with Crippen molar-refractivity contribution >= 4 is 17.8 Å². The molecule has 1 aromatic carbocycles. The van der Waals surface area contributed by atoms with Crippen LogP contribution in [0.2, 0.25) is 0 Å². The molecule has 5 atom stereocenters. The van der Waals surface area contributed by atoms with Crippen LogP contribution < -0.4 is 15.4 Å². The smallest absolute Gasteiger partial charge is 0.425 e. The molecule has 1 unspecified atom stereocenters. The molecular formula is C26H35F3N4O4. The molecular weight excluding hydrogens is 489 g/mol. The van der Waals surface area contributed by atoms with Gasteiger partial charge in [-0.3, -0.25) is 19.9 Å². The summed E-state index contributed by atoms with van der Waals surface area (Å²) in [5, 5.41) is 14.6. The highest BCUT2D eigenvalue weighted by Gasteiger charge is 2.54. The maximum Gasteiger partial charge on any atom is 0.425 e. The van der Waals surface area contributed by atoms with Crippen molar-refractivity contribution in [3.05, 3.63) is 29.8 Å². The van der Waals surface area contributed by atoms with E-state index in [1.807, 2.05) is 13.8 Å². The van der Waals surface area contributed by atoms with Gasteiger partial charge in [0.25, 0.3) is 0 Å². The van der Waals surface area contributed by atoms with Crippen molar-refractivity contribution in [1.29, 1.82) is 5.41 Å². The van der Waals surface area contributed by atoms with Gasteiger partial charge in [0.05, 0.1) is 12.5 Å². The highest BCUT2D eigenvalue weighted by Crippen LogP contribution is 2.47. The van der Waals surface area contributed by atoms with E-state index in [9.17, 15) is 22.8 Å². The molecule has 2 fully saturated rings. The van der Waals surface area contributed by atoms with Gasteiger partial charge in [0.2, 0.25) is 11.8 Å². The Morgan fingerprint density at radius 3 is 2.62 bits per heavy atom. The fourth-order valence-electron chi connectivity index (χ4n) is 5.63. The van der Waals surface area contributed by atoms with Crippen LogP contribution in [0, 0.1) is 17.2 Å². The second-order valence-corrected chi connectivity index (χ2v) is 10.2. The number of benzene rings is 1. The number of nitrogens with one attached hydrogen (secondary N) is 3. The Kier molecular flexibility index (Phi) is 7.73. The molecule has 0 bridgehead atoms. The topological polar surface area (TPSA) is 104 Å². The average Bonchev–Trinajstić information content (AvgIpc) is 3.65. The van der Waals surface area contributed by atoms with Crippen molar-refractivity contribution < 1.29 is 32.2 Å². The van der Waals surface area contributed by atoms with Gasteiger partial charge in [-0.25, -0.2) is 0 Å². The zero-order valence-corrected chi connectivity index (χ0v) is 21.4. The van der Waals surface area contributed by atoms with Gasteiger partial charge in [-0.15, -0.1) is 0 Å². The predicted octanol–water partition coefficient (Wildman–Crippen LogP) is 3.91. The molecule has 204 valence electrons. The third kappa shape index (κ3) is 5.56. The van der Waals surface area contributed by atoms with Crippen molar-refractivity contribution in [2.24, 2.45) is 11.8 Å². The minimum atomic E-state index is -4.56. The Hall–Kier alpha value is -2.82. The lowest BCUT2D eigenvalue weighted by Gasteiger charge is -2.45. The lowest BCUT2D eigenvalue weighted by Crippen LogP contribution is -2.64. The summed E-state index contributed by atoms with van der Waals surface area (Å²) in [6, 6.07) is 5.17. The standard InChI is InChI=1S/C26H35F3N4O4/c1-4-25(5-2)14-22(34)33(24(30)32-25)19(10-11-36-3)16-12-17(16)23(35)31-18-13-21(26(27,28)29)37-20-9-7-6-8-15(18)20/h6-9,16-19,21H,4-5,10-14H2,1-3H3,(H2,30,32)(H,31,35)/t16-,17-,18+,19?,21-/m1/s1. The first-order valence-electron chi connectivity index (χ1n) is 12.8. The summed E-state index contributed by atoms with van der Waals surface area (Å²) in [4.78, 5) is 27.9. The number of hydrogen-bond donors (Lipinski definition) is 3. The largest absolute Gasteiger partial charge is 0.480 e. The van der Waals surface area contributed by atoms with Crippen molar-refractivity contribution in [3.63, 3.8) is 0 Å². The van der Waals surface area contributed by atoms with Gasteiger partial charge in [-0.2, -0.15) is 13.2 Å². The molecule has 1 aromatic rings. The molecule has 8 nitrogen and oxygen atoms in total. The van der Waals surface area contributed by atoms with Gasteiger partial charge < -0.3 is 20.1 Å². The molecule has 0 radical (unpaired) electrons. The number of guanidine groups is 1. The van der Waals surface area contributed by atoms with Gasteiger partial charge in [0.1, 0.15) is 5.75 Å². The Morgan fingerprint density at radius 2 is 2.00 bits per heavy atom. The van der Waals surface area contributed by atoms with Crippen LogP contribution in [-0.2, 0) is 14.3 Å². The van der Waals surface area contributed by atoms with Crippen molar-refractivity contribution in [3.8, 4) is 5.75 Å². The monoisotopic (exact) mass is 524 g/mol. The molecule has 1 saturated heterocycles. The van der Waals surface area contributed by atoms with E-state index in [-0.39, 0.29) is 35.9 Å². The number of rotatable bonds is 9. The Labute approximate surface area is 214 Å². The molecule has 1 aliphatic carbocycles. The van der Waals surface area contributed by atoms with E-state index < -0.39 is 42.2 Å². The first-order valence-corrected chi connectivity index (χ1v) is 12.8. The molecule has 2 amide bonds. The quantitative estimate of drug-likeness (QED) is 0.455. The van der Waals surface area contributed by atoms with E-state index in [0.717, 1.165) is 0 Å². The molecule has 2 aliphatic heterocycles. The zero-order chi connectivity index (χ0) is 27.0. The molecule has 4 rings (SSSR count). The Morgan fingerprint density at radius 1 is 1.30 bits per heavy atom. The summed E-state index contributed by atoms with van der Waals surface area (Å²) in [6.45, 7) is 4.31. The summed E-state index contributed by atoms with van der Waals surface area (Å²) < 4.78 is 50.8. The molecule has 1 saturated carbocycles. The van der Waals surface area contributed by atoms with Crippen LogP contribution in [-0.4, -0.2) is 60.3 Å². The first kappa shape index (κ1) is 27.2. The molecule has 11 heteroatoms. The molecule has 3 N–H and O–H groups in total. The van der Waals surface area contributed by atoms with E-state index in [1.165, 1.54) is 11.0 Å². The normalized spacial score (nSPS) is 27.6. The van der Waals surface area contributed by atoms with Crippen LogP contribution in [0.4, 0.5) is 13.2 Å². The maximum atomic E-state index is 13.5. The van der Waals surface area contributed by atoms with Crippen molar-refractivity contribution in [1.82, 2.24) is 15.5 Å². The van der Waals surface area contributed by atoms with E-state index in [1.54, 1.807) is 25.3 Å². The van der Waals surface area contributed by atoms with E-state index in [4.69, 9.17) is 14.9 Å². The van der Waals surface area contributed by atoms with Gasteiger partial charge in [0, 0.05) is 43.2 Å². The average molecular weight is 525 g/mol. The Bertz CT molecular complexity index is 1010. The van der Waals surface area contributed by atoms with Crippen molar-refractivity contribution in [2.45, 2.75) is 82.3 Å². The lowest BCUT2D eigenvalue weighted by atomic mass is 9.86. The number of carbonyl (C=O) groups is 2. The summed E-state index contributed by atoms with van der Waals surface area (Å²) >= 11 is 0. The first-order chi connectivity index (χ1) is 17.5. The Balaban J connectivity index is 1.48. The van der Waals surface area contributed by atoms with E-state index >= 15 is 0 Å². The number of hydrogen-bond acceptors (Lipinski definition) is 5. The van der Waals surface area contributed by atoms with E-state index in [2.05, 4.69) is 10.6 Å². The van der Waals surface area contributed by atoms with Crippen molar-refractivity contribution in [2.75, 3.05) is 13.7 Å². The number of carbonyl (C=O) groups excluding carboxylic acids is 2. The summed E-state index contributed by atoms with van der Waals surface area (Å²) in [5.41, 5.74) is 0.0552. The number of ether oxygens (including phenoxy) is 2. The second-order valence-electron chi connectivity index (χ2n) is 10.2. The zero-order valence-electron chi connectivity index (χ0n) is 21.4. The van der Waals surface area contributed by atoms with Crippen LogP contribution in [0.15, 0.2) is 24.3 Å². The van der Waals surface area contributed by atoms with Gasteiger partial charge in [0.15, 0.2) is 12.1 Å². The van der Waals surface area contributed by atoms with Crippen LogP contribution in [0.25, 0.3) is 0 Å². The number of fused-ring (bicyclic) bond motifs is 1. The number of halogens is 3. The van der Waals surface area contributed by atoms with Gasteiger partial charge in [-0.1, -0.05) is 32.0 Å². The summed E-state index contributed by atoms with van der Waals surface area (Å²) in [7, 11) is 1.55. The third-order valence-corrected chi connectivity index (χ3v) is 8.05. The fraction of sp³-hybridized carbons (Fsp3) is 0.654. The van der Waals surface area contributed by atoms with Crippen LogP contribution >= 0.6 is 0 Å². The maximum absolute atomic E-state index is 13.5.